The fourth-order valence-electron chi connectivity index (χ4n) is 2.38. The Kier molecular flexibility index (Phi) is 3.51. The Morgan fingerprint density at radius 2 is 1.25 bits per heavy atom. The van der Waals surface area contributed by atoms with Crippen molar-refractivity contribution in [1.82, 2.24) is 0 Å². The van der Waals surface area contributed by atoms with Gasteiger partial charge < -0.3 is 4.90 Å². The molecule has 98 valence electrons. The summed E-state index contributed by atoms with van der Waals surface area (Å²) in [5, 5.41) is 2.62. The SMILES string of the molecule is C=CN1Cc2ccc1cc2.c1ccc2ccccc2c1. The van der Waals surface area contributed by atoms with Crippen LogP contribution in [-0.4, -0.2) is 0 Å². The van der Waals surface area contributed by atoms with Crippen molar-refractivity contribution < 1.29 is 0 Å². The molecule has 0 radical (unpaired) electrons. The van der Waals surface area contributed by atoms with Crippen LogP contribution < -0.4 is 4.90 Å². The maximum Gasteiger partial charge on any atom is 0.0475 e. The van der Waals surface area contributed by atoms with Gasteiger partial charge in [0.05, 0.1) is 0 Å². The minimum atomic E-state index is 0.992. The summed E-state index contributed by atoms with van der Waals surface area (Å²) < 4.78 is 0. The van der Waals surface area contributed by atoms with Gasteiger partial charge in [-0.2, -0.15) is 0 Å². The van der Waals surface area contributed by atoms with E-state index in [9.17, 15) is 0 Å². The average molecular weight is 259 g/mol. The third-order valence-electron chi connectivity index (χ3n) is 3.50. The quantitative estimate of drug-likeness (QED) is 0.595. The summed E-state index contributed by atoms with van der Waals surface area (Å²) in [6, 6.07) is 25.2. The normalized spacial score (nSPS) is 11.9. The molecule has 3 aromatic rings. The molecule has 2 aliphatic rings. The maximum absolute atomic E-state index is 3.73. The van der Waals surface area contributed by atoms with Gasteiger partial charge in [-0.25, -0.2) is 0 Å². The van der Waals surface area contributed by atoms with Crippen LogP contribution in [0.25, 0.3) is 10.8 Å². The van der Waals surface area contributed by atoms with Crippen LogP contribution in [0.4, 0.5) is 5.69 Å². The van der Waals surface area contributed by atoms with E-state index in [4.69, 9.17) is 0 Å². The first-order chi connectivity index (χ1) is 9.86. The maximum atomic E-state index is 3.73. The van der Waals surface area contributed by atoms with Crippen molar-refractivity contribution in [2.45, 2.75) is 6.54 Å². The Morgan fingerprint density at radius 3 is 1.55 bits per heavy atom. The number of benzene rings is 3. The van der Waals surface area contributed by atoms with E-state index < -0.39 is 0 Å². The molecule has 0 N–H and O–H groups in total. The molecule has 0 aliphatic carbocycles. The van der Waals surface area contributed by atoms with Crippen molar-refractivity contribution in [3.63, 3.8) is 0 Å². The van der Waals surface area contributed by atoms with E-state index in [0.717, 1.165) is 6.54 Å². The van der Waals surface area contributed by atoms with Gasteiger partial charge in [0, 0.05) is 12.2 Å². The predicted molar refractivity (Wildman–Crippen MR) is 86.8 cm³/mol. The molecular weight excluding hydrogens is 242 g/mol. The van der Waals surface area contributed by atoms with Gasteiger partial charge in [-0.05, 0) is 34.7 Å². The van der Waals surface area contributed by atoms with Crippen LogP contribution in [-0.2, 0) is 6.54 Å². The number of nitrogens with zero attached hydrogens (tertiary/aromatic N) is 1. The molecule has 0 unspecified atom stereocenters. The molecular formula is C19H17N. The van der Waals surface area contributed by atoms with E-state index in [0.29, 0.717) is 0 Å². The standard InChI is InChI=1S/C10H8.C9H9N/c1-2-6-10-8-4-3-7-9(10)5-1;1-2-10-7-8-3-5-9(10)6-4-8/h1-8H;2-6H,1,7H2. The minimum absolute atomic E-state index is 0.992. The van der Waals surface area contributed by atoms with Gasteiger partial charge in [0.2, 0.25) is 0 Å². The van der Waals surface area contributed by atoms with Crippen LogP contribution in [0.3, 0.4) is 0 Å². The summed E-state index contributed by atoms with van der Waals surface area (Å²) in [7, 11) is 0. The highest BCUT2D eigenvalue weighted by Gasteiger charge is 2.08. The molecule has 5 rings (SSSR count). The van der Waals surface area contributed by atoms with E-state index in [1.165, 1.54) is 22.0 Å². The number of anilines is 1. The predicted octanol–water partition coefficient (Wildman–Crippen LogP) is 4.99. The first kappa shape index (κ1) is 12.5. The lowest BCUT2D eigenvalue weighted by atomic mass is 10.1. The van der Waals surface area contributed by atoms with Gasteiger partial charge in [-0.15, -0.1) is 0 Å². The van der Waals surface area contributed by atoms with E-state index in [1.54, 1.807) is 0 Å². The second-order valence-corrected chi connectivity index (χ2v) is 4.82. The van der Waals surface area contributed by atoms with E-state index in [1.807, 2.05) is 6.20 Å². The molecule has 2 aliphatic heterocycles. The molecule has 0 amide bonds. The lowest BCUT2D eigenvalue weighted by Crippen LogP contribution is -2.18. The fourth-order valence-corrected chi connectivity index (χ4v) is 2.38. The topological polar surface area (TPSA) is 3.24 Å². The molecule has 2 bridgehead atoms. The largest absolute Gasteiger partial charge is 0.344 e. The summed E-state index contributed by atoms with van der Waals surface area (Å²) in [6.07, 6.45) is 1.86. The van der Waals surface area contributed by atoms with Gasteiger partial charge in [0.25, 0.3) is 0 Å². The molecule has 1 nitrogen and oxygen atoms in total. The second-order valence-electron chi connectivity index (χ2n) is 4.82. The van der Waals surface area contributed by atoms with Crippen molar-refractivity contribution in [3.8, 4) is 0 Å². The molecule has 20 heavy (non-hydrogen) atoms. The number of fused-ring (bicyclic) bond motifs is 4. The summed E-state index contributed by atoms with van der Waals surface area (Å²) in [5.74, 6) is 0. The van der Waals surface area contributed by atoms with Gasteiger partial charge in [0.1, 0.15) is 0 Å². The minimum Gasteiger partial charge on any atom is -0.344 e. The van der Waals surface area contributed by atoms with Crippen LogP contribution >= 0.6 is 0 Å². The van der Waals surface area contributed by atoms with E-state index in [2.05, 4.69) is 84.3 Å². The van der Waals surface area contributed by atoms with Crippen molar-refractivity contribution in [2.24, 2.45) is 0 Å². The van der Waals surface area contributed by atoms with Gasteiger partial charge in [0.15, 0.2) is 0 Å². The van der Waals surface area contributed by atoms with Gasteiger partial charge in [-0.3, -0.25) is 0 Å². The van der Waals surface area contributed by atoms with Gasteiger partial charge >= 0.3 is 0 Å². The third-order valence-corrected chi connectivity index (χ3v) is 3.50. The summed E-state index contributed by atoms with van der Waals surface area (Å²) in [5.41, 5.74) is 2.60. The fraction of sp³-hybridized carbons (Fsp3) is 0.0526. The molecule has 0 aromatic heterocycles. The van der Waals surface area contributed by atoms with Gasteiger partial charge in [-0.1, -0.05) is 67.2 Å². The molecule has 0 saturated heterocycles. The molecule has 0 saturated carbocycles. The van der Waals surface area contributed by atoms with Crippen LogP contribution in [0.5, 0.6) is 0 Å². The van der Waals surface area contributed by atoms with E-state index in [-0.39, 0.29) is 0 Å². The zero-order valence-corrected chi connectivity index (χ0v) is 11.4. The number of rotatable bonds is 1. The first-order valence-corrected chi connectivity index (χ1v) is 6.79. The highest BCUT2D eigenvalue weighted by molar-refractivity contribution is 5.82. The van der Waals surface area contributed by atoms with Crippen molar-refractivity contribution in [3.05, 3.63) is 91.1 Å². The Hall–Kier alpha value is -2.54. The molecule has 1 heteroatoms. The Morgan fingerprint density at radius 1 is 0.750 bits per heavy atom. The Balaban J connectivity index is 0.000000121. The van der Waals surface area contributed by atoms with Crippen LogP contribution in [0, 0.1) is 0 Å². The zero-order valence-electron chi connectivity index (χ0n) is 11.4. The summed E-state index contributed by atoms with van der Waals surface area (Å²) in [6.45, 7) is 4.72. The number of hydrogen-bond acceptors (Lipinski definition) is 1. The highest BCUT2D eigenvalue weighted by atomic mass is 15.1. The Bertz CT molecular complexity index is 648. The van der Waals surface area contributed by atoms with Crippen molar-refractivity contribution >= 4 is 16.5 Å². The first-order valence-electron chi connectivity index (χ1n) is 6.79. The average Bonchev–Trinajstić information content (AvgIpc) is 2.56. The summed E-state index contributed by atoms with van der Waals surface area (Å²) >= 11 is 0. The lowest BCUT2D eigenvalue weighted by molar-refractivity contribution is 0.940. The molecule has 0 atom stereocenters. The van der Waals surface area contributed by atoms with Crippen LogP contribution in [0.1, 0.15) is 5.56 Å². The Labute approximate surface area is 119 Å². The highest BCUT2D eigenvalue weighted by Crippen LogP contribution is 2.23. The lowest BCUT2D eigenvalue weighted by Gasteiger charge is -2.25. The zero-order chi connectivity index (χ0) is 13.8. The van der Waals surface area contributed by atoms with Crippen molar-refractivity contribution in [2.75, 3.05) is 4.90 Å². The molecule has 0 spiro atoms. The third kappa shape index (κ3) is 2.57. The van der Waals surface area contributed by atoms with Crippen LogP contribution in [0.2, 0.25) is 0 Å². The summed E-state index contributed by atoms with van der Waals surface area (Å²) in [4.78, 5) is 2.13. The monoisotopic (exact) mass is 259 g/mol. The van der Waals surface area contributed by atoms with Crippen LogP contribution in [0.15, 0.2) is 85.6 Å². The smallest absolute Gasteiger partial charge is 0.0475 e. The van der Waals surface area contributed by atoms with E-state index >= 15 is 0 Å². The molecule has 3 aromatic carbocycles. The van der Waals surface area contributed by atoms with Crippen molar-refractivity contribution in [1.29, 1.82) is 0 Å². The molecule has 2 heterocycles. The number of hydrogen-bond donors (Lipinski definition) is 0. The second kappa shape index (κ2) is 5.62. The molecule has 0 fully saturated rings.